The summed E-state index contributed by atoms with van der Waals surface area (Å²) in [6.07, 6.45) is 5.58. The van der Waals surface area contributed by atoms with Crippen molar-refractivity contribution in [2.45, 2.75) is 44.7 Å². The maximum atomic E-state index is 3.57. The van der Waals surface area contributed by atoms with Gasteiger partial charge >= 0.3 is 0 Å². The zero-order chi connectivity index (χ0) is 8.39. The van der Waals surface area contributed by atoms with Gasteiger partial charge in [0.15, 0.2) is 0 Å². The minimum atomic E-state index is 0.761. The maximum absolute atomic E-state index is 3.57. The van der Waals surface area contributed by atoms with Crippen LogP contribution in [-0.4, -0.2) is 25.2 Å². The second kappa shape index (κ2) is 3.75. The molecule has 0 aromatic rings. The number of rotatable bonds is 2. The Balaban J connectivity index is 1.72. The second-order valence-electron chi connectivity index (χ2n) is 4.44. The van der Waals surface area contributed by atoms with Gasteiger partial charge in [-0.25, -0.2) is 0 Å². The van der Waals surface area contributed by atoms with Crippen LogP contribution in [0.5, 0.6) is 0 Å². The largest absolute Gasteiger partial charge is 0.314 e. The minimum absolute atomic E-state index is 0.761. The van der Waals surface area contributed by atoms with Gasteiger partial charge in [-0.15, -0.1) is 0 Å². The van der Waals surface area contributed by atoms with Crippen LogP contribution in [0.2, 0.25) is 0 Å². The van der Waals surface area contributed by atoms with Gasteiger partial charge in [0.1, 0.15) is 0 Å². The first-order valence-electron chi connectivity index (χ1n) is 5.31. The molecule has 2 aliphatic rings. The highest BCUT2D eigenvalue weighted by atomic mass is 15.0. The Morgan fingerprint density at radius 3 is 2.83 bits per heavy atom. The molecule has 0 aliphatic carbocycles. The van der Waals surface area contributed by atoms with Crippen LogP contribution in [-0.2, 0) is 0 Å². The Morgan fingerprint density at radius 2 is 2.25 bits per heavy atom. The quantitative estimate of drug-likeness (QED) is 0.646. The van der Waals surface area contributed by atoms with Gasteiger partial charge < -0.3 is 10.6 Å². The topological polar surface area (TPSA) is 24.1 Å². The lowest BCUT2D eigenvalue weighted by Gasteiger charge is -2.14. The number of hydrogen-bond acceptors (Lipinski definition) is 2. The van der Waals surface area contributed by atoms with Crippen molar-refractivity contribution in [1.82, 2.24) is 10.6 Å². The molecule has 2 rings (SSSR count). The van der Waals surface area contributed by atoms with Crippen LogP contribution < -0.4 is 10.6 Å². The maximum Gasteiger partial charge on any atom is 0.00706 e. The first-order chi connectivity index (χ1) is 5.84. The summed E-state index contributed by atoms with van der Waals surface area (Å²) in [5.74, 6) is 0.940. The van der Waals surface area contributed by atoms with Crippen molar-refractivity contribution in [1.29, 1.82) is 0 Å². The highest BCUT2D eigenvalue weighted by molar-refractivity contribution is 4.84. The summed E-state index contributed by atoms with van der Waals surface area (Å²) < 4.78 is 0. The lowest BCUT2D eigenvalue weighted by atomic mass is 9.97. The molecule has 12 heavy (non-hydrogen) atoms. The van der Waals surface area contributed by atoms with Crippen molar-refractivity contribution >= 4 is 0 Å². The predicted octanol–water partition coefficient (Wildman–Crippen LogP) is 1.13. The molecule has 2 saturated heterocycles. The Bertz CT molecular complexity index is 141. The molecule has 0 saturated carbocycles. The van der Waals surface area contributed by atoms with Crippen LogP contribution in [0, 0.1) is 5.92 Å². The molecule has 0 aromatic heterocycles. The Kier molecular flexibility index (Phi) is 2.66. The molecule has 0 amide bonds. The van der Waals surface area contributed by atoms with Crippen LogP contribution in [0.1, 0.15) is 32.6 Å². The average Bonchev–Trinajstić information content (AvgIpc) is 2.63. The molecule has 2 heterocycles. The van der Waals surface area contributed by atoms with Gasteiger partial charge in [0.25, 0.3) is 0 Å². The SMILES string of the molecule is CC1CC(CC2CCCN2)CN1. The van der Waals surface area contributed by atoms with E-state index in [0.29, 0.717) is 0 Å². The van der Waals surface area contributed by atoms with Crippen molar-refractivity contribution in [2.24, 2.45) is 5.92 Å². The van der Waals surface area contributed by atoms with Crippen LogP contribution in [0.4, 0.5) is 0 Å². The fourth-order valence-corrected chi connectivity index (χ4v) is 2.57. The molecule has 2 nitrogen and oxygen atoms in total. The molecule has 2 aliphatic heterocycles. The van der Waals surface area contributed by atoms with Crippen molar-refractivity contribution in [3.63, 3.8) is 0 Å². The van der Waals surface area contributed by atoms with Crippen LogP contribution in [0.3, 0.4) is 0 Å². The molecular formula is C10H20N2. The second-order valence-corrected chi connectivity index (χ2v) is 4.44. The number of hydrogen-bond donors (Lipinski definition) is 2. The Hall–Kier alpha value is -0.0800. The summed E-state index contributed by atoms with van der Waals surface area (Å²) in [6, 6.07) is 1.60. The third kappa shape index (κ3) is 1.99. The summed E-state index contributed by atoms with van der Waals surface area (Å²) in [7, 11) is 0. The van der Waals surface area contributed by atoms with Gasteiger partial charge in [0, 0.05) is 12.1 Å². The standard InChI is InChI=1S/C10H20N2/c1-8-5-9(7-12-8)6-10-3-2-4-11-10/h8-12H,2-7H2,1H3. The minimum Gasteiger partial charge on any atom is -0.314 e. The molecular weight excluding hydrogens is 148 g/mol. The highest BCUT2D eigenvalue weighted by Gasteiger charge is 2.24. The van der Waals surface area contributed by atoms with E-state index in [1.807, 2.05) is 0 Å². The molecule has 70 valence electrons. The third-order valence-corrected chi connectivity index (χ3v) is 3.22. The van der Waals surface area contributed by atoms with Gasteiger partial charge in [-0.3, -0.25) is 0 Å². The Labute approximate surface area is 75.1 Å². The Morgan fingerprint density at radius 1 is 1.33 bits per heavy atom. The van der Waals surface area contributed by atoms with E-state index in [0.717, 1.165) is 18.0 Å². The van der Waals surface area contributed by atoms with E-state index >= 15 is 0 Å². The fourth-order valence-electron chi connectivity index (χ4n) is 2.57. The van der Waals surface area contributed by atoms with Gasteiger partial charge in [-0.05, 0) is 51.6 Å². The zero-order valence-electron chi connectivity index (χ0n) is 7.97. The van der Waals surface area contributed by atoms with E-state index in [-0.39, 0.29) is 0 Å². The van der Waals surface area contributed by atoms with E-state index in [2.05, 4.69) is 17.6 Å². The molecule has 3 unspecified atom stereocenters. The van der Waals surface area contributed by atoms with Crippen molar-refractivity contribution in [2.75, 3.05) is 13.1 Å². The van der Waals surface area contributed by atoms with Crippen LogP contribution >= 0.6 is 0 Å². The van der Waals surface area contributed by atoms with Gasteiger partial charge in [-0.2, -0.15) is 0 Å². The molecule has 0 aromatic carbocycles. The van der Waals surface area contributed by atoms with Crippen LogP contribution in [0.25, 0.3) is 0 Å². The smallest absolute Gasteiger partial charge is 0.00706 e. The highest BCUT2D eigenvalue weighted by Crippen LogP contribution is 2.22. The van der Waals surface area contributed by atoms with Crippen molar-refractivity contribution in [3.05, 3.63) is 0 Å². The lowest BCUT2D eigenvalue weighted by Crippen LogP contribution is -2.25. The monoisotopic (exact) mass is 168 g/mol. The molecule has 0 spiro atoms. The summed E-state index contributed by atoms with van der Waals surface area (Å²) in [4.78, 5) is 0. The first kappa shape index (κ1) is 8.52. The summed E-state index contributed by atoms with van der Waals surface area (Å²) >= 11 is 0. The van der Waals surface area contributed by atoms with E-state index < -0.39 is 0 Å². The van der Waals surface area contributed by atoms with Crippen molar-refractivity contribution < 1.29 is 0 Å². The summed E-state index contributed by atoms with van der Waals surface area (Å²) in [5.41, 5.74) is 0. The average molecular weight is 168 g/mol. The van der Waals surface area contributed by atoms with Crippen molar-refractivity contribution in [3.8, 4) is 0 Å². The van der Waals surface area contributed by atoms with Gasteiger partial charge in [0.05, 0.1) is 0 Å². The van der Waals surface area contributed by atoms with Crippen LogP contribution in [0.15, 0.2) is 0 Å². The first-order valence-corrected chi connectivity index (χ1v) is 5.31. The summed E-state index contributed by atoms with van der Waals surface area (Å²) in [5, 5.41) is 7.09. The molecule has 3 atom stereocenters. The third-order valence-electron chi connectivity index (χ3n) is 3.22. The van der Waals surface area contributed by atoms with E-state index in [1.54, 1.807) is 0 Å². The zero-order valence-corrected chi connectivity index (χ0v) is 7.97. The molecule has 2 N–H and O–H groups in total. The van der Waals surface area contributed by atoms with E-state index in [4.69, 9.17) is 0 Å². The molecule has 0 radical (unpaired) electrons. The predicted molar refractivity (Wildman–Crippen MR) is 51.2 cm³/mol. The molecule has 2 fully saturated rings. The number of nitrogens with one attached hydrogen (secondary N) is 2. The fraction of sp³-hybridized carbons (Fsp3) is 1.00. The van der Waals surface area contributed by atoms with E-state index in [1.165, 1.54) is 38.8 Å². The molecule has 0 bridgehead atoms. The lowest BCUT2D eigenvalue weighted by molar-refractivity contribution is 0.432. The molecule has 2 heteroatoms. The normalized spacial score (nSPS) is 42.2. The summed E-state index contributed by atoms with van der Waals surface area (Å²) in [6.45, 7) is 4.79. The van der Waals surface area contributed by atoms with Gasteiger partial charge in [-0.1, -0.05) is 0 Å². The van der Waals surface area contributed by atoms with E-state index in [9.17, 15) is 0 Å². The van der Waals surface area contributed by atoms with Gasteiger partial charge in [0.2, 0.25) is 0 Å².